The minimum Gasteiger partial charge on any atom is -0.445 e. The zero-order valence-electron chi connectivity index (χ0n) is 56.8. The molecule has 8 amide bonds. The van der Waals surface area contributed by atoms with Crippen LogP contribution >= 0.6 is 0 Å². The fraction of sp³-hybridized carbons (Fsp3) is 0.365. The van der Waals surface area contributed by atoms with E-state index in [1.54, 1.807) is 170 Å². The van der Waals surface area contributed by atoms with Gasteiger partial charge in [-0.2, -0.15) is 0 Å². The molecule has 0 aromatic heterocycles. The number of rotatable bonds is 30. The first kappa shape index (κ1) is 76.9. The molecule has 11 N–H and O–H groups in total. The van der Waals surface area contributed by atoms with Crippen LogP contribution in [-0.4, -0.2) is 193 Å². The Morgan fingerprint density at radius 2 is 0.743 bits per heavy atom. The monoisotopic (exact) mass is 1450 g/mol. The number of aliphatic hydroxyl groups is 3. The van der Waals surface area contributed by atoms with Crippen molar-refractivity contribution in [1.82, 2.24) is 42.3 Å². The molecule has 6 aromatic carbocycles. The third-order valence-electron chi connectivity index (χ3n) is 16.8. The third-order valence-corrected chi connectivity index (χ3v) is 16.8. The summed E-state index contributed by atoms with van der Waals surface area (Å²) in [5.74, 6) is 0. The fourth-order valence-electron chi connectivity index (χ4n) is 11.4. The molecule has 1 aliphatic carbocycles. The molecule has 6 aromatic rings. The van der Waals surface area contributed by atoms with Gasteiger partial charge in [-0.15, -0.1) is 0 Å². The van der Waals surface area contributed by atoms with Crippen molar-refractivity contribution in [3.8, 4) is 0 Å². The van der Waals surface area contributed by atoms with Gasteiger partial charge in [-0.25, -0.2) is 38.6 Å². The number of amides is 8. The maximum absolute atomic E-state index is 14.3. The summed E-state index contributed by atoms with van der Waals surface area (Å²) in [6.45, 7) is -2.91. The molecule has 3 heterocycles. The van der Waals surface area contributed by atoms with Gasteiger partial charge < -0.3 is 109 Å². The van der Waals surface area contributed by atoms with Gasteiger partial charge >= 0.3 is 42.6 Å². The molecule has 0 spiro atoms. The summed E-state index contributed by atoms with van der Waals surface area (Å²) in [6, 6.07) is 46.2. The van der Waals surface area contributed by atoms with Crippen LogP contribution in [0.2, 0.25) is 0 Å². The van der Waals surface area contributed by atoms with E-state index in [1.807, 2.05) is 12.1 Å². The number of hydroxylamine groups is 2. The van der Waals surface area contributed by atoms with Crippen LogP contribution in [0.15, 0.2) is 206 Å². The van der Waals surface area contributed by atoms with Crippen LogP contribution in [0.5, 0.6) is 0 Å². The number of aliphatic hydroxyl groups excluding tert-OH is 3. The SMILES string of the molecule is O=C(NCCN(O)C(=O)N[C@@H]1C[C@H](NC(=O)OCc2ccccc2)[C@@H](O[C@H]2O[C@H](CNC(=O)OCc3ccccc3)C=C[C@H]2NC(=O)OCc2ccccc2)[C@H](O[C@@H]2O[C@H](CO)[C@@H](O[C@H]3O[C@@H](CNC(=O)OCc4ccccc4)C=C[C@H]3NC(=O)OCc3ccccc3)[C@H]2O)[C@H]1O)OCc1ccccc1. The van der Waals surface area contributed by atoms with E-state index in [4.69, 9.17) is 56.8 Å². The molecule has 0 radical (unpaired) electrons. The molecular weight excluding hydrogens is 1370 g/mol. The van der Waals surface area contributed by atoms with E-state index in [0.29, 0.717) is 27.8 Å². The lowest BCUT2D eigenvalue weighted by atomic mass is 9.83. The molecule has 0 unspecified atom stereocenters. The quantitative estimate of drug-likeness (QED) is 0.0107. The van der Waals surface area contributed by atoms with E-state index in [-0.39, 0.29) is 64.3 Å². The van der Waals surface area contributed by atoms with Crippen molar-refractivity contribution in [1.29, 1.82) is 0 Å². The first-order valence-electron chi connectivity index (χ1n) is 33.9. The summed E-state index contributed by atoms with van der Waals surface area (Å²) in [6.07, 6.45) is -17.8. The minimum absolute atomic E-state index is 0.0415. The summed E-state index contributed by atoms with van der Waals surface area (Å²) >= 11 is 0. The van der Waals surface area contributed by atoms with Crippen molar-refractivity contribution in [3.05, 3.63) is 240 Å². The number of nitrogens with zero attached hydrogens (tertiary/aromatic N) is 1. The normalized spacial score (nSPS) is 24.5. The number of urea groups is 1. The number of nitrogens with one attached hydrogen (secondary N) is 7. The molecule has 3 aliphatic heterocycles. The van der Waals surface area contributed by atoms with Crippen LogP contribution < -0.4 is 37.2 Å². The number of carbonyl (C=O) groups is 7. The highest BCUT2D eigenvalue weighted by Crippen LogP contribution is 2.35. The van der Waals surface area contributed by atoms with Crippen molar-refractivity contribution >= 4 is 42.6 Å². The maximum Gasteiger partial charge on any atom is 0.408 e. The second-order valence-corrected chi connectivity index (χ2v) is 24.4. The van der Waals surface area contributed by atoms with Gasteiger partial charge in [0, 0.05) is 6.54 Å². The molecule has 4 aliphatic rings. The molecule has 2 fully saturated rings. The summed E-state index contributed by atoms with van der Waals surface area (Å²) in [7, 11) is 0. The highest BCUT2D eigenvalue weighted by molar-refractivity contribution is 5.74. The van der Waals surface area contributed by atoms with Gasteiger partial charge in [-0.3, -0.25) is 5.21 Å². The molecule has 15 atom stereocenters. The second-order valence-electron chi connectivity index (χ2n) is 24.4. The lowest BCUT2D eigenvalue weighted by Gasteiger charge is -2.47. The molecule has 10 rings (SSSR count). The molecular formula is C74H84N8O23. The van der Waals surface area contributed by atoms with E-state index in [9.17, 15) is 54.1 Å². The molecule has 105 heavy (non-hydrogen) atoms. The van der Waals surface area contributed by atoms with Crippen LogP contribution in [0.3, 0.4) is 0 Å². The van der Waals surface area contributed by atoms with E-state index < -0.39 is 154 Å². The Balaban J connectivity index is 0.927. The molecule has 0 bridgehead atoms. The highest BCUT2D eigenvalue weighted by Gasteiger charge is 2.55. The highest BCUT2D eigenvalue weighted by atomic mass is 16.8. The van der Waals surface area contributed by atoms with E-state index in [1.165, 1.54) is 24.3 Å². The minimum atomic E-state index is -2.01. The van der Waals surface area contributed by atoms with Gasteiger partial charge in [0.1, 0.15) is 88.3 Å². The van der Waals surface area contributed by atoms with Crippen molar-refractivity contribution in [2.45, 2.75) is 138 Å². The second kappa shape index (κ2) is 39.8. The number of carbonyl (C=O) groups excluding carboxylic acids is 7. The lowest BCUT2D eigenvalue weighted by Crippen LogP contribution is -2.68. The largest absolute Gasteiger partial charge is 0.445 e. The predicted molar refractivity (Wildman–Crippen MR) is 368 cm³/mol. The fourth-order valence-corrected chi connectivity index (χ4v) is 11.4. The Morgan fingerprint density at radius 3 is 1.13 bits per heavy atom. The summed E-state index contributed by atoms with van der Waals surface area (Å²) in [4.78, 5) is 94.4. The van der Waals surface area contributed by atoms with Gasteiger partial charge in [0.05, 0.1) is 50.5 Å². The Labute approximate surface area is 603 Å². The molecule has 31 heteroatoms. The van der Waals surface area contributed by atoms with Crippen LogP contribution in [0.25, 0.3) is 0 Å². The molecule has 558 valence electrons. The van der Waals surface area contributed by atoms with E-state index >= 15 is 0 Å². The van der Waals surface area contributed by atoms with Crippen LogP contribution in [-0.2, 0) is 96.5 Å². The predicted octanol–water partition coefficient (Wildman–Crippen LogP) is 5.98. The number of benzene rings is 6. The van der Waals surface area contributed by atoms with Gasteiger partial charge in [0.25, 0.3) is 0 Å². The van der Waals surface area contributed by atoms with E-state index in [2.05, 4.69) is 37.2 Å². The number of hydrogen-bond donors (Lipinski definition) is 11. The van der Waals surface area contributed by atoms with Crippen LogP contribution in [0.4, 0.5) is 33.6 Å². The Morgan fingerprint density at radius 1 is 0.390 bits per heavy atom. The number of alkyl carbamates (subject to hydrolysis) is 6. The average molecular weight is 1450 g/mol. The van der Waals surface area contributed by atoms with Crippen molar-refractivity contribution in [2.75, 3.05) is 32.8 Å². The zero-order valence-corrected chi connectivity index (χ0v) is 56.8. The summed E-state index contributed by atoms with van der Waals surface area (Å²) in [5.41, 5.74) is 4.05. The lowest BCUT2D eigenvalue weighted by molar-refractivity contribution is -0.282. The number of ether oxygens (including phenoxy) is 12. The Bertz CT molecular complexity index is 3770. The summed E-state index contributed by atoms with van der Waals surface area (Å²) < 4.78 is 72.0. The maximum atomic E-state index is 14.3. The van der Waals surface area contributed by atoms with Gasteiger partial charge in [-0.05, 0) is 39.8 Å². The molecule has 1 saturated heterocycles. The standard InChI is InChI=1S/C74H84N8O23/c83-40-59-63(104-66-56(80-73(91)98-45-51-27-15-5-16-28-51)34-32-54(101-66)39-77-71(89)96-43-49-23-11-3-12-24-49)61(85)67(102-59)105-64-60(84)57(78-68(86)82(93)36-35-75-69(87)94-41-47-19-7-1-8-20-47)37-58(81-74(92)99-46-52-29-17-6-18-30-52)62(64)103-65-55(79-72(90)97-44-50-25-13-4-14-26-50)33-31-53(100-65)38-76-70(88)95-42-48-21-9-2-10-22-48/h1-34,53-67,83-85,93H,35-46H2,(H,75,87)(H,76,88)(H,77,89)(H,78,86)(H,79,90)(H,80,91)(H,81,92)/t53-,54+,55+,56+,57+,58-,59+,60-,61+,62+,63+,64+,65+,66+,67-/m0/s1. The Kier molecular flexibility index (Phi) is 29.2. The Hall–Kier alpha value is -10.7. The van der Waals surface area contributed by atoms with Gasteiger partial charge in [0.15, 0.2) is 18.9 Å². The first-order chi connectivity index (χ1) is 51.1. The molecule has 1 saturated carbocycles. The topological polar surface area (TPSA) is 399 Å². The van der Waals surface area contributed by atoms with Crippen molar-refractivity contribution < 1.29 is 111 Å². The molecule has 31 nitrogen and oxygen atoms in total. The van der Waals surface area contributed by atoms with Crippen molar-refractivity contribution in [2.24, 2.45) is 0 Å². The van der Waals surface area contributed by atoms with E-state index in [0.717, 1.165) is 5.56 Å². The van der Waals surface area contributed by atoms with Crippen LogP contribution in [0, 0.1) is 0 Å². The smallest absolute Gasteiger partial charge is 0.408 e. The summed E-state index contributed by atoms with van der Waals surface area (Å²) in [5, 5.41) is 66.3. The number of hydrogen-bond acceptors (Lipinski definition) is 23. The van der Waals surface area contributed by atoms with Crippen LogP contribution in [0.1, 0.15) is 39.8 Å². The van der Waals surface area contributed by atoms with Gasteiger partial charge in [0.2, 0.25) is 0 Å². The van der Waals surface area contributed by atoms with Crippen molar-refractivity contribution in [3.63, 3.8) is 0 Å². The zero-order chi connectivity index (χ0) is 73.7. The first-order valence-corrected chi connectivity index (χ1v) is 33.9. The van der Waals surface area contributed by atoms with Gasteiger partial charge in [-0.1, -0.05) is 206 Å². The average Bonchev–Trinajstić information content (AvgIpc) is 1.67. The third kappa shape index (κ3) is 24.2.